The predicted octanol–water partition coefficient (Wildman–Crippen LogP) is 2.73. The van der Waals surface area contributed by atoms with E-state index in [0.717, 1.165) is 55.0 Å². The first-order valence-electron chi connectivity index (χ1n) is 12.6. The second-order valence-electron chi connectivity index (χ2n) is 9.50. The second kappa shape index (κ2) is 11.0. The zero-order valence-electron chi connectivity index (χ0n) is 21.7. The van der Waals surface area contributed by atoms with Crippen LogP contribution in [-0.2, 0) is 16.6 Å². The first-order chi connectivity index (χ1) is 18.3. The van der Waals surface area contributed by atoms with Crippen molar-refractivity contribution >= 4 is 44.1 Å². The number of aromatic nitrogens is 3. The summed E-state index contributed by atoms with van der Waals surface area (Å²) in [5.74, 6) is 0.490. The van der Waals surface area contributed by atoms with Gasteiger partial charge in [0, 0.05) is 68.9 Å². The number of aliphatic hydroxyl groups excluding tert-OH is 1. The van der Waals surface area contributed by atoms with Crippen LogP contribution in [0.2, 0.25) is 0 Å². The molecule has 1 saturated heterocycles. The van der Waals surface area contributed by atoms with E-state index in [2.05, 4.69) is 32.2 Å². The molecule has 1 aliphatic rings. The zero-order valence-corrected chi connectivity index (χ0v) is 22.5. The van der Waals surface area contributed by atoms with Gasteiger partial charge in [-0.25, -0.2) is 13.4 Å². The van der Waals surface area contributed by atoms with E-state index in [1.165, 1.54) is 16.2 Å². The lowest BCUT2D eigenvalue weighted by Crippen LogP contribution is -2.47. The number of benzene rings is 2. The third-order valence-electron chi connectivity index (χ3n) is 6.95. The smallest absolute Gasteiger partial charge is 0.232 e. The molecule has 1 aliphatic heterocycles. The summed E-state index contributed by atoms with van der Waals surface area (Å²) in [7, 11) is -1.82. The number of fused-ring (bicyclic) bond motifs is 1. The number of para-hydroxylation sites is 1. The summed E-state index contributed by atoms with van der Waals surface area (Å²) in [4.78, 5) is 13.9. The standard InChI is InChI=1S/C27H33N7O3S/c1-31(38(2,36)37)25-6-4-3-5-22(25)20-34-12-11-21-19-28-27(30-26(21)34)29-23-7-9-24(10-8-23)33-15-13-32(14-16-33)17-18-35/h3-12,19,35H,13-18,20H2,1-2H3,(H,28,29,30). The van der Waals surface area contributed by atoms with Crippen LogP contribution in [0.5, 0.6) is 0 Å². The Morgan fingerprint density at radius 2 is 1.76 bits per heavy atom. The predicted molar refractivity (Wildman–Crippen MR) is 152 cm³/mol. The van der Waals surface area contributed by atoms with E-state index < -0.39 is 10.0 Å². The van der Waals surface area contributed by atoms with Crippen LogP contribution in [0, 0.1) is 0 Å². The Labute approximate surface area is 223 Å². The van der Waals surface area contributed by atoms with Gasteiger partial charge in [0.15, 0.2) is 0 Å². The summed E-state index contributed by atoms with van der Waals surface area (Å²) in [5.41, 5.74) is 4.34. The number of hydrogen-bond donors (Lipinski definition) is 2. The quantitative estimate of drug-likeness (QED) is 0.337. The molecule has 0 radical (unpaired) electrons. The normalized spacial score (nSPS) is 14.7. The maximum absolute atomic E-state index is 12.1. The van der Waals surface area contributed by atoms with Crippen LogP contribution in [0.4, 0.5) is 23.0 Å². The lowest BCUT2D eigenvalue weighted by atomic mass is 10.2. The molecular weight excluding hydrogens is 502 g/mol. The highest BCUT2D eigenvalue weighted by atomic mass is 32.2. The SMILES string of the molecule is CN(c1ccccc1Cn1ccc2cnc(Nc3ccc(N4CCN(CCO)CC4)cc3)nc21)S(C)(=O)=O. The fraction of sp³-hybridized carbons (Fsp3) is 0.333. The molecule has 2 aromatic heterocycles. The fourth-order valence-electron chi connectivity index (χ4n) is 4.73. The van der Waals surface area contributed by atoms with Crippen LogP contribution in [-0.4, -0.2) is 85.6 Å². The van der Waals surface area contributed by atoms with Crippen LogP contribution < -0.4 is 14.5 Å². The van der Waals surface area contributed by atoms with E-state index in [4.69, 9.17) is 10.1 Å². The number of hydrogen-bond acceptors (Lipinski definition) is 8. The molecule has 200 valence electrons. The molecule has 10 nitrogen and oxygen atoms in total. The van der Waals surface area contributed by atoms with Crippen LogP contribution >= 0.6 is 0 Å². The molecule has 0 amide bonds. The highest BCUT2D eigenvalue weighted by molar-refractivity contribution is 7.92. The average molecular weight is 536 g/mol. The van der Waals surface area contributed by atoms with Crippen LogP contribution in [0.25, 0.3) is 11.0 Å². The summed E-state index contributed by atoms with van der Waals surface area (Å²) >= 11 is 0. The van der Waals surface area contributed by atoms with Gasteiger partial charge in [-0.15, -0.1) is 0 Å². The summed E-state index contributed by atoms with van der Waals surface area (Å²) in [5, 5.41) is 13.3. The maximum Gasteiger partial charge on any atom is 0.232 e. The molecule has 1 fully saturated rings. The first-order valence-corrected chi connectivity index (χ1v) is 14.5. The van der Waals surface area contributed by atoms with Gasteiger partial charge in [-0.1, -0.05) is 18.2 Å². The molecule has 0 bridgehead atoms. The number of nitrogens with zero attached hydrogens (tertiary/aromatic N) is 6. The Balaban J connectivity index is 1.31. The molecule has 2 N–H and O–H groups in total. The summed E-state index contributed by atoms with van der Waals surface area (Å²) < 4.78 is 27.6. The van der Waals surface area contributed by atoms with Crippen molar-refractivity contribution in [3.05, 3.63) is 72.6 Å². The molecule has 0 saturated carbocycles. The summed E-state index contributed by atoms with van der Waals surface area (Å²) in [6.07, 6.45) is 4.93. The van der Waals surface area contributed by atoms with Crippen molar-refractivity contribution in [2.24, 2.45) is 0 Å². The van der Waals surface area contributed by atoms with Crippen molar-refractivity contribution < 1.29 is 13.5 Å². The van der Waals surface area contributed by atoms with Gasteiger partial charge in [0.25, 0.3) is 0 Å². The zero-order chi connectivity index (χ0) is 26.7. The molecule has 0 spiro atoms. The van der Waals surface area contributed by atoms with Crippen LogP contribution in [0.15, 0.2) is 67.0 Å². The molecule has 38 heavy (non-hydrogen) atoms. The lowest BCUT2D eigenvalue weighted by Gasteiger charge is -2.35. The van der Waals surface area contributed by atoms with Crippen molar-refractivity contribution in [1.29, 1.82) is 0 Å². The van der Waals surface area contributed by atoms with Gasteiger partial charge in [0.05, 0.1) is 25.1 Å². The minimum atomic E-state index is -3.38. The van der Waals surface area contributed by atoms with Crippen molar-refractivity contribution in [2.45, 2.75) is 6.54 Å². The molecule has 2 aromatic carbocycles. The number of sulfonamides is 1. The van der Waals surface area contributed by atoms with Crippen molar-refractivity contribution in [3.8, 4) is 0 Å². The Bertz CT molecular complexity index is 1500. The van der Waals surface area contributed by atoms with E-state index in [-0.39, 0.29) is 6.61 Å². The molecule has 0 aliphatic carbocycles. The highest BCUT2D eigenvalue weighted by Crippen LogP contribution is 2.25. The molecule has 3 heterocycles. The molecule has 5 rings (SSSR count). The molecule has 4 aromatic rings. The number of nitrogens with one attached hydrogen (secondary N) is 1. The lowest BCUT2D eigenvalue weighted by molar-refractivity contribution is 0.189. The van der Waals surface area contributed by atoms with Gasteiger partial charge in [0.1, 0.15) is 5.65 Å². The van der Waals surface area contributed by atoms with E-state index >= 15 is 0 Å². The topological polar surface area (TPSA) is 107 Å². The molecule has 0 atom stereocenters. The van der Waals surface area contributed by atoms with Gasteiger partial charge in [-0.2, -0.15) is 4.98 Å². The van der Waals surface area contributed by atoms with Crippen LogP contribution in [0.1, 0.15) is 5.56 Å². The Morgan fingerprint density at radius 3 is 2.47 bits per heavy atom. The van der Waals surface area contributed by atoms with E-state index in [1.54, 1.807) is 13.2 Å². The summed E-state index contributed by atoms with van der Waals surface area (Å²) in [6.45, 7) is 5.17. The number of rotatable bonds is 9. The van der Waals surface area contributed by atoms with Gasteiger partial charge in [0.2, 0.25) is 16.0 Å². The van der Waals surface area contributed by atoms with E-state index in [9.17, 15) is 8.42 Å². The minimum Gasteiger partial charge on any atom is -0.395 e. The Hall–Kier alpha value is -3.67. The number of piperazine rings is 1. The van der Waals surface area contributed by atoms with Gasteiger partial charge in [-0.05, 0) is 42.0 Å². The number of β-amino-alcohol motifs (C(OH)–C–C–N with tert-alkyl or cyclic N) is 1. The number of aliphatic hydroxyl groups is 1. The fourth-order valence-corrected chi connectivity index (χ4v) is 5.26. The molecule has 11 heteroatoms. The van der Waals surface area contributed by atoms with E-state index in [1.807, 2.05) is 53.2 Å². The molecular formula is C27H33N7O3S. The second-order valence-corrected chi connectivity index (χ2v) is 11.5. The average Bonchev–Trinajstić information content (AvgIpc) is 3.31. The van der Waals surface area contributed by atoms with Gasteiger partial charge < -0.3 is 19.9 Å². The third kappa shape index (κ3) is 5.74. The van der Waals surface area contributed by atoms with Crippen molar-refractivity contribution in [3.63, 3.8) is 0 Å². The Morgan fingerprint density at radius 1 is 1.03 bits per heavy atom. The van der Waals surface area contributed by atoms with Crippen molar-refractivity contribution in [2.75, 3.05) is 67.2 Å². The van der Waals surface area contributed by atoms with Crippen molar-refractivity contribution in [1.82, 2.24) is 19.4 Å². The van der Waals surface area contributed by atoms with Gasteiger partial charge in [-0.3, -0.25) is 9.21 Å². The molecule has 0 unspecified atom stereocenters. The monoisotopic (exact) mass is 535 g/mol. The minimum absolute atomic E-state index is 0.201. The van der Waals surface area contributed by atoms with Crippen LogP contribution in [0.3, 0.4) is 0 Å². The maximum atomic E-state index is 12.1. The first kappa shape index (κ1) is 26.0. The third-order valence-corrected chi connectivity index (χ3v) is 8.14. The highest BCUT2D eigenvalue weighted by Gasteiger charge is 2.18. The van der Waals surface area contributed by atoms with E-state index in [0.29, 0.717) is 18.2 Å². The Kier molecular flexibility index (Phi) is 7.50. The van der Waals surface area contributed by atoms with Gasteiger partial charge >= 0.3 is 0 Å². The number of anilines is 4. The summed E-state index contributed by atoms with van der Waals surface area (Å²) in [6, 6.07) is 17.7. The largest absolute Gasteiger partial charge is 0.395 e.